The molecule has 0 heterocycles. The molecule has 0 radical (unpaired) electrons. The molecular formula is C15H34N2O4. The Balaban J connectivity index is -0.000000286. The van der Waals surface area contributed by atoms with E-state index in [2.05, 4.69) is 16.7 Å². The van der Waals surface area contributed by atoms with Gasteiger partial charge in [0, 0.05) is 0 Å². The van der Waals surface area contributed by atoms with Crippen LogP contribution in [0.1, 0.15) is 65.2 Å². The number of carbonyl (C=O) groups excluding carboxylic acids is 2. The van der Waals surface area contributed by atoms with Crippen LogP contribution in [0.25, 0.3) is 0 Å². The average molecular weight is 306 g/mol. The third kappa shape index (κ3) is 28.0. The highest BCUT2D eigenvalue weighted by Crippen LogP contribution is 2.07. The van der Waals surface area contributed by atoms with Crippen LogP contribution in [0.15, 0.2) is 0 Å². The molecule has 0 rings (SSSR count). The van der Waals surface area contributed by atoms with Gasteiger partial charge in [0.05, 0.1) is 7.11 Å². The van der Waals surface area contributed by atoms with E-state index in [0.717, 1.165) is 6.54 Å². The highest BCUT2D eigenvalue weighted by molar-refractivity contribution is 5.74. The van der Waals surface area contributed by atoms with E-state index in [1.807, 2.05) is 6.79 Å². The van der Waals surface area contributed by atoms with Gasteiger partial charge in [-0.2, -0.15) is 4.89 Å². The minimum Gasteiger partial charge on any atom is -0.330 e. The third-order valence-electron chi connectivity index (χ3n) is 2.59. The molecule has 4 N–H and O–H groups in total. The van der Waals surface area contributed by atoms with Crippen LogP contribution in [0.5, 0.6) is 0 Å². The Morgan fingerprint density at radius 2 is 1.48 bits per heavy atom. The molecule has 1 unspecified atom stereocenters. The van der Waals surface area contributed by atoms with Gasteiger partial charge in [-0.1, -0.05) is 51.9 Å². The summed E-state index contributed by atoms with van der Waals surface area (Å²) in [6.07, 6.45) is 11.0. The maximum Gasteiger partial charge on any atom is 0.358 e. The van der Waals surface area contributed by atoms with Gasteiger partial charge in [-0.05, 0) is 19.9 Å². The van der Waals surface area contributed by atoms with Gasteiger partial charge in [0.2, 0.25) is 0 Å². The summed E-state index contributed by atoms with van der Waals surface area (Å²) >= 11 is 0. The van der Waals surface area contributed by atoms with E-state index in [1.54, 1.807) is 0 Å². The van der Waals surface area contributed by atoms with Crippen molar-refractivity contribution in [3.05, 3.63) is 0 Å². The number of nitrogens with two attached hydrogens (primary N) is 2. The molecule has 0 amide bonds. The zero-order valence-electron chi connectivity index (χ0n) is 13.9. The molecule has 128 valence electrons. The van der Waals surface area contributed by atoms with Crippen molar-refractivity contribution in [3.63, 3.8) is 0 Å². The lowest BCUT2D eigenvalue weighted by Crippen LogP contribution is -2.28. The first-order valence-corrected chi connectivity index (χ1v) is 7.59. The van der Waals surface area contributed by atoms with Gasteiger partial charge in [0.1, 0.15) is 12.8 Å². The molecule has 0 bridgehead atoms. The zero-order chi connectivity index (χ0) is 16.9. The van der Waals surface area contributed by atoms with Crippen molar-refractivity contribution in [1.82, 2.24) is 0 Å². The Hall–Kier alpha value is -0.980. The summed E-state index contributed by atoms with van der Waals surface area (Å²) in [7, 11) is 1.25. The highest BCUT2D eigenvalue weighted by atomic mass is 17.2. The van der Waals surface area contributed by atoms with E-state index in [0.29, 0.717) is 0 Å². The van der Waals surface area contributed by atoms with E-state index in [4.69, 9.17) is 16.3 Å². The molecule has 0 spiro atoms. The molecule has 0 aliphatic carbocycles. The quantitative estimate of drug-likeness (QED) is 0.364. The van der Waals surface area contributed by atoms with E-state index in [9.17, 15) is 4.79 Å². The maximum absolute atomic E-state index is 10.3. The first-order valence-electron chi connectivity index (χ1n) is 7.59. The Morgan fingerprint density at radius 3 is 1.76 bits per heavy atom. The van der Waals surface area contributed by atoms with E-state index >= 15 is 0 Å². The van der Waals surface area contributed by atoms with Crippen LogP contribution >= 0.6 is 0 Å². The number of unbranched alkanes of at least 4 members (excludes halogenated alkanes) is 7. The summed E-state index contributed by atoms with van der Waals surface area (Å²) in [6, 6.07) is -0.616. The lowest BCUT2D eigenvalue weighted by Gasteiger charge is -1.99. The van der Waals surface area contributed by atoms with Crippen LogP contribution < -0.4 is 11.5 Å². The normalized spacial score (nSPS) is 10.5. The molecule has 0 aliphatic heterocycles. The monoisotopic (exact) mass is 306 g/mol. The molecule has 0 saturated carbocycles. The van der Waals surface area contributed by atoms with Crippen molar-refractivity contribution in [2.75, 3.05) is 13.7 Å². The fraction of sp³-hybridized carbons (Fsp3) is 0.867. The van der Waals surface area contributed by atoms with Gasteiger partial charge >= 0.3 is 5.97 Å². The fourth-order valence-electron chi connectivity index (χ4n) is 1.44. The average Bonchev–Trinajstić information content (AvgIpc) is 2.49. The summed E-state index contributed by atoms with van der Waals surface area (Å²) < 4.78 is 0. The van der Waals surface area contributed by atoms with Gasteiger partial charge in [-0.3, -0.25) is 4.89 Å². The summed E-state index contributed by atoms with van der Waals surface area (Å²) in [6.45, 7) is 6.64. The first-order chi connectivity index (χ1) is 10.1. The SMILES string of the molecule is C=O.CCCCCCCCCCN.COOC(=O)C(C)N. The summed E-state index contributed by atoms with van der Waals surface area (Å²) in [4.78, 5) is 26.3. The predicted molar refractivity (Wildman–Crippen MR) is 85.5 cm³/mol. The van der Waals surface area contributed by atoms with Crippen molar-refractivity contribution in [2.45, 2.75) is 71.3 Å². The molecule has 6 nitrogen and oxygen atoms in total. The van der Waals surface area contributed by atoms with Crippen LogP contribution in [0.2, 0.25) is 0 Å². The number of hydrogen-bond acceptors (Lipinski definition) is 6. The lowest BCUT2D eigenvalue weighted by atomic mass is 10.1. The Labute approximate surface area is 129 Å². The second-order valence-corrected chi connectivity index (χ2v) is 4.62. The molecule has 0 aromatic carbocycles. The van der Waals surface area contributed by atoms with E-state index in [1.165, 1.54) is 65.4 Å². The highest BCUT2D eigenvalue weighted by Gasteiger charge is 2.07. The van der Waals surface area contributed by atoms with Crippen molar-refractivity contribution in [2.24, 2.45) is 11.5 Å². The Bertz CT molecular complexity index is 194. The Morgan fingerprint density at radius 1 is 1.05 bits per heavy atom. The molecule has 0 fully saturated rings. The van der Waals surface area contributed by atoms with Crippen LogP contribution in [-0.2, 0) is 19.4 Å². The molecule has 1 atom stereocenters. The van der Waals surface area contributed by atoms with Gasteiger partial charge in [-0.15, -0.1) is 0 Å². The van der Waals surface area contributed by atoms with Gasteiger partial charge < -0.3 is 16.3 Å². The van der Waals surface area contributed by atoms with Crippen molar-refractivity contribution in [1.29, 1.82) is 0 Å². The number of carbonyl (C=O) groups is 2. The molecule has 0 aromatic rings. The van der Waals surface area contributed by atoms with Crippen LogP contribution in [0.4, 0.5) is 0 Å². The largest absolute Gasteiger partial charge is 0.358 e. The van der Waals surface area contributed by atoms with Crippen LogP contribution in [0, 0.1) is 0 Å². The molecule has 0 aromatic heterocycles. The predicted octanol–water partition coefficient (Wildman–Crippen LogP) is 2.34. The zero-order valence-corrected chi connectivity index (χ0v) is 13.9. The van der Waals surface area contributed by atoms with Crippen molar-refractivity contribution < 1.29 is 19.4 Å². The summed E-state index contributed by atoms with van der Waals surface area (Å²) in [5.74, 6) is -0.562. The third-order valence-corrected chi connectivity index (χ3v) is 2.59. The van der Waals surface area contributed by atoms with Crippen LogP contribution in [-0.4, -0.2) is 32.5 Å². The molecular weight excluding hydrogens is 272 g/mol. The van der Waals surface area contributed by atoms with E-state index in [-0.39, 0.29) is 0 Å². The van der Waals surface area contributed by atoms with Crippen LogP contribution in [0.3, 0.4) is 0 Å². The van der Waals surface area contributed by atoms with Gasteiger partial charge in [0.25, 0.3) is 0 Å². The second kappa shape index (κ2) is 24.1. The fourth-order valence-corrected chi connectivity index (χ4v) is 1.44. The lowest BCUT2D eigenvalue weighted by molar-refractivity contribution is -0.255. The maximum atomic E-state index is 10.3. The minimum absolute atomic E-state index is 0.562. The van der Waals surface area contributed by atoms with Crippen molar-refractivity contribution in [3.8, 4) is 0 Å². The molecule has 0 saturated heterocycles. The van der Waals surface area contributed by atoms with E-state index < -0.39 is 12.0 Å². The molecule has 6 heteroatoms. The smallest absolute Gasteiger partial charge is 0.330 e. The topological polar surface area (TPSA) is 105 Å². The van der Waals surface area contributed by atoms with Crippen molar-refractivity contribution >= 4 is 12.8 Å². The Kier molecular flexibility index (Phi) is 28.7. The number of hydrogen-bond donors (Lipinski definition) is 2. The summed E-state index contributed by atoms with van der Waals surface area (Å²) in [5, 5.41) is 0. The minimum atomic E-state index is -0.616. The van der Waals surface area contributed by atoms with Gasteiger partial charge in [0.15, 0.2) is 0 Å². The summed E-state index contributed by atoms with van der Waals surface area (Å²) in [5.41, 5.74) is 10.5. The standard InChI is InChI=1S/C10H23N.C4H9NO3.CH2O/c1-2-3-4-5-6-7-8-9-10-11;1-3(5)4(6)8-7-2;1-2/h2-11H2,1H3;3H,5H2,1-2H3;1H2. The first kappa shape index (κ1) is 25.0. The number of rotatable bonds is 10. The van der Waals surface area contributed by atoms with Gasteiger partial charge in [-0.25, -0.2) is 4.79 Å². The second-order valence-electron chi connectivity index (χ2n) is 4.62. The molecule has 0 aliphatic rings. The molecule has 21 heavy (non-hydrogen) atoms.